The first-order valence-corrected chi connectivity index (χ1v) is 10.9. The topological polar surface area (TPSA) is 41.4 Å². The second-order valence-electron chi connectivity index (χ2n) is 7.19. The van der Waals surface area contributed by atoms with E-state index in [-0.39, 0.29) is 11.2 Å². The van der Waals surface area contributed by atoms with E-state index in [2.05, 4.69) is 46.4 Å². The van der Waals surface area contributed by atoms with Crippen LogP contribution < -0.4 is 4.90 Å². The number of rotatable bonds is 6. The fourth-order valence-corrected chi connectivity index (χ4v) is 4.76. The fourth-order valence-electron chi connectivity index (χ4n) is 3.74. The summed E-state index contributed by atoms with van der Waals surface area (Å²) in [6.45, 7) is 9.76. The van der Waals surface area contributed by atoms with Crippen LogP contribution in [-0.4, -0.2) is 51.8 Å². The number of para-hydroxylation sites is 3. The number of amides is 1. The summed E-state index contributed by atoms with van der Waals surface area (Å²) >= 11 is 1.53. The number of allylic oxidation sites excluding steroid dienone is 1. The molecule has 1 aliphatic heterocycles. The van der Waals surface area contributed by atoms with Crippen LogP contribution in [0.1, 0.15) is 6.92 Å². The van der Waals surface area contributed by atoms with Crippen LogP contribution in [0.25, 0.3) is 11.0 Å². The lowest BCUT2D eigenvalue weighted by Gasteiger charge is -2.37. The molecule has 1 aromatic heterocycles. The van der Waals surface area contributed by atoms with E-state index in [1.807, 2.05) is 42.2 Å². The zero-order valence-corrected chi connectivity index (χ0v) is 17.5. The number of carbonyl (C=O) groups excluding carboxylic acids is 1. The summed E-state index contributed by atoms with van der Waals surface area (Å²) < 4.78 is 2.13. The number of imidazole rings is 1. The second kappa shape index (κ2) is 8.74. The van der Waals surface area contributed by atoms with E-state index in [1.54, 1.807) is 0 Å². The Morgan fingerprint density at radius 2 is 1.79 bits per heavy atom. The van der Waals surface area contributed by atoms with Gasteiger partial charge in [0, 0.05) is 38.4 Å². The van der Waals surface area contributed by atoms with E-state index in [4.69, 9.17) is 4.98 Å². The summed E-state index contributed by atoms with van der Waals surface area (Å²) in [5.41, 5.74) is 3.25. The predicted molar refractivity (Wildman–Crippen MR) is 120 cm³/mol. The number of benzene rings is 2. The minimum atomic E-state index is -0.182. The first-order chi connectivity index (χ1) is 14.2. The van der Waals surface area contributed by atoms with Gasteiger partial charge in [-0.25, -0.2) is 4.98 Å². The Morgan fingerprint density at radius 3 is 2.52 bits per heavy atom. The predicted octanol–water partition coefficient (Wildman–Crippen LogP) is 4.05. The van der Waals surface area contributed by atoms with E-state index < -0.39 is 0 Å². The van der Waals surface area contributed by atoms with E-state index >= 15 is 0 Å². The number of fused-ring (bicyclic) bond motifs is 1. The van der Waals surface area contributed by atoms with Gasteiger partial charge in [0.15, 0.2) is 5.16 Å². The molecule has 0 aliphatic carbocycles. The zero-order valence-electron chi connectivity index (χ0n) is 16.7. The number of hydrogen-bond donors (Lipinski definition) is 0. The summed E-state index contributed by atoms with van der Waals surface area (Å²) in [6, 6.07) is 18.5. The Labute approximate surface area is 176 Å². The molecule has 29 heavy (non-hydrogen) atoms. The maximum atomic E-state index is 13.1. The average molecular weight is 407 g/mol. The van der Waals surface area contributed by atoms with Crippen molar-refractivity contribution in [1.82, 2.24) is 14.5 Å². The molecule has 1 fully saturated rings. The van der Waals surface area contributed by atoms with Gasteiger partial charge in [-0.2, -0.15) is 0 Å². The SMILES string of the molecule is C=CCn1c(SC(C)C(=O)N2CCN(c3ccccc3)CC2)nc2ccccc21. The van der Waals surface area contributed by atoms with Crippen LogP contribution in [-0.2, 0) is 11.3 Å². The highest BCUT2D eigenvalue weighted by molar-refractivity contribution is 8.00. The fraction of sp³-hybridized carbons (Fsp3) is 0.304. The largest absolute Gasteiger partial charge is 0.368 e. The molecule has 0 saturated carbocycles. The highest BCUT2D eigenvalue weighted by Crippen LogP contribution is 2.28. The van der Waals surface area contributed by atoms with Gasteiger partial charge in [0.2, 0.25) is 5.91 Å². The third-order valence-electron chi connectivity index (χ3n) is 5.27. The molecule has 0 N–H and O–H groups in total. The van der Waals surface area contributed by atoms with Crippen molar-refractivity contribution in [1.29, 1.82) is 0 Å². The highest BCUT2D eigenvalue weighted by atomic mass is 32.2. The Morgan fingerprint density at radius 1 is 1.10 bits per heavy atom. The van der Waals surface area contributed by atoms with Crippen molar-refractivity contribution in [3.8, 4) is 0 Å². The number of piperazine rings is 1. The number of aromatic nitrogens is 2. The van der Waals surface area contributed by atoms with Gasteiger partial charge in [0.25, 0.3) is 0 Å². The van der Waals surface area contributed by atoms with Crippen molar-refractivity contribution in [2.75, 3.05) is 31.1 Å². The monoisotopic (exact) mass is 406 g/mol. The Hall–Kier alpha value is -2.73. The minimum Gasteiger partial charge on any atom is -0.368 e. The normalized spacial score (nSPS) is 15.5. The van der Waals surface area contributed by atoms with Crippen LogP contribution in [0.4, 0.5) is 5.69 Å². The van der Waals surface area contributed by atoms with Gasteiger partial charge < -0.3 is 14.4 Å². The molecule has 150 valence electrons. The van der Waals surface area contributed by atoms with Crippen LogP contribution in [0.15, 0.2) is 72.4 Å². The van der Waals surface area contributed by atoms with E-state index in [0.29, 0.717) is 6.54 Å². The van der Waals surface area contributed by atoms with Crippen LogP contribution >= 0.6 is 11.8 Å². The molecule has 1 amide bonds. The number of thioether (sulfide) groups is 1. The van der Waals surface area contributed by atoms with Crippen molar-refractivity contribution in [2.45, 2.75) is 23.9 Å². The standard InChI is InChI=1S/C23H26N4OS/c1-3-13-27-21-12-8-7-11-20(21)24-23(27)29-18(2)22(28)26-16-14-25(15-17-26)19-9-5-4-6-10-19/h3-12,18H,1,13-17H2,2H3. The summed E-state index contributed by atoms with van der Waals surface area (Å²) in [5, 5.41) is 0.688. The molecule has 2 heterocycles. The van der Waals surface area contributed by atoms with Crippen molar-refractivity contribution >= 4 is 34.4 Å². The lowest BCUT2D eigenvalue weighted by molar-refractivity contribution is -0.130. The average Bonchev–Trinajstić information content (AvgIpc) is 3.11. The molecular weight excluding hydrogens is 380 g/mol. The van der Waals surface area contributed by atoms with Crippen molar-refractivity contribution in [2.24, 2.45) is 0 Å². The Balaban J connectivity index is 1.42. The van der Waals surface area contributed by atoms with Crippen LogP contribution in [0, 0.1) is 0 Å². The quantitative estimate of drug-likeness (QED) is 0.457. The lowest BCUT2D eigenvalue weighted by atomic mass is 10.2. The smallest absolute Gasteiger partial charge is 0.236 e. The van der Waals surface area contributed by atoms with Gasteiger partial charge >= 0.3 is 0 Å². The van der Waals surface area contributed by atoms with Crippen molar-refractivity contribution < 1.29 is 4.79 Å². The van der Waals surface area contributed by atoms with Crippen LogP contribution in [0.5, 0.6) is 0 Å². The third-order valence-corrected chi connectivity index (χ3v) is 6.35. The molecule has 0 bridgehead atoms. The lowest BCUT2D eigenvalue weighted by Crippen LogP contribution is -2.50. The molecule has 3 aromatic rings. The van der Waals surface area contributed by atoms with Crippen LogP contribution in [0.2, 0.25) is 0 Å². The van der Waals surface area contributed by atoms with Gasteiger partial charge in [-0.3, -0.25) is 4.79 Å². The maximum Gasteiger partial charge on any atom is 0.236 e. The summed E-state index contributed by atoms with van der Waals surface area (Å²) in [5.74, 6) is 0.180. The molecule has 1 atom stereocenters. The van der Waals surface area contributed by atoms with E-state index in [9.17, 15) is 4.79 Å². The summed E-state index contributed by atoms with van der Waals surface area (Å²) in [7, 11) is 0. The zero-order chi connectivity index (χ0) is 20.2. The van der Waals surface area contributed by atoms with E-state index in [0.717, 1.165) is 42.4 Å². The van der Waals surface area contributed by atoms with Gasteiger partial charge in [-0.1, -0.05) is 48.2 Å². The third kappa shape index (κ3) is 4.17. The minimum absolute atomic E-state index is 0.180. The molecule has 0 spiro atoms. The molecule has 5 nitrogen and oxygen atoms in total. The van der Waals surface area contributed by atoms with Gasteiger partial charge in [0.05, 0.1) is 16.3 Å². The highest BCUT2D eigenvalue weighted by Gasteiger charge is 2.27. The van der Waals surface area contributed by atoms with Gasteiger partial charge in [0.1, 0.15) is 0 Å². The molecule has 6 heteroatoms. The molecule has 1 unspecified atom stereocenters. The molecule has 2 aromatic carbocycles. The number of anilines is 1. The molecular formula is C23H26N4OS. The second-order valence-corrected chi connectivity index (χ2v) is 8.50. The maximum absolute atomic E-state index is 13.1. The number of hydrogen-bond acceptors (Lipinski definition) is 4. The van der Waals surface area contributed by atoms with Gasteiger partial charge in [-0.15, -0.1) is 6.58 Å². The Bertz CT molecular complexity index is 993. The molecule has 1 saturated heterocycles. The Kier molecular flexibility index (Phi) is 5.90. The summed E-state index contributed by atoms with van der Waals surface area (Å²) in [6.07, 6.45) is 1.87. The van der Waals surface area contributed by atoms with E-state index in [1.165, 1.54) is 17.4 Å². The molecule has 1 aliphatic rings. The van der Waals surface area contributed by atoms with Gasteiger partial charge in [-0.05, 0) is 31.2 Å². The molecule has 4 rings (SSSR count). The first-order valence-electron chi connectivity index (χ1n) is 9.99. The van der Waals surface area contributed by atoms with Crippen molar-refractivity contribution in [3.63, 3.8) is 0 Å². The number of nitrogens with zero attached hydrogens (tertiary/aromatic N) is 4. The van der Waals surface area contributed by atoms with Crippen LogP contribution in [0.3, 0.4) is 0 Å². The van der Waals surface area contributed by atoms with Crippen molar-refractivity contribution in [3.05, 3.63) is 67.3 Å². The summed E-state index contributed by atoms with van der Waals surface area (Å²) in [4.78, 5) is 22.1. The number of carbonyl (C=O) groups is 1. The molecule has 0 radical (unpaired) electrons. The first kappa shape index (κ1) is 19.6.